The number of hydrogen-bond donors (Lipinski definition) is 0. The third kappa shape index (κ3) is 8.82. The summed E-state index contributed by atoms with van der Waals surface area (Å²) in [6.45, 7) is 0. The molecular formula is CoMoPdRh. The van der Waals surface area contributed by atoms with E-state index < -0.39 is 0 Å². The Morgan fingerprint density at radius 1 is 1.25 bits per heavy atom. The molecule has 34 valence electrons. The largest absolute Gasteiger partial charge is 0 e. The first-order valence-electron chi connectivity index (χ1n) is 0.136. The zero-order valence-electron chi connectivity index (χ0n) is 1.39. The van der Waals surface area contributed by atoms with Crippen LogP contribution in [0.2, 0.25) is 0 Å². The van der Waals surface area contributed by atoms with Gasteiger partial charge in [-0.2, -0.15) is 0 Å². The molecule has 0 saturated carbocycles. The Morgan fingerprint density at radius 2 is 1.25 bits per heavy atom. The molecule has 0 fully saturated rings. The second-order valence-corrected chi connectivity index (χ2v) is 0. The molecule has 0 aromatic heterocycles. The van der Waals surface area contributed by atoms with Gasteiger partial charge in [-0.15, -0.1) is 0 Å². The zero-order chi connectivity index (χ0) is 2.00. The maximum Gasteiger partial charge on any atom is 0 e. The van der Waals surface area contributed by atoms with Gasteiger partial charge in [-0.25, -0.2) is 0 Å². The summed E-state index contributed by atoms with van der Waals surface area (Å²) < 4.78 is 0. The van der Waals surface area contributed by atoms with Gasteiger partial charge in [0.05, 0.1) is 0 Å². The molecule has 0 atom stereocenters. The Bertz CT molecular complexity index is 8.00. The molecule has 0 aromatic carbocycles. The SMILES string of the molecule is [Co].[Mo][Rh].[Pd]. The fraction of sp³-hybridized carbons (Fsp3) is 0. The first-order chi connectivity index (χ1) is 1.00. The summed E-state index contributed by atoms with van der Waals surface area (Å²) in [5.74, 6) is 0. The molecule has 0 heterocycles. The Kier molecular flexibility index (Phi) is 71.8. The topological polar surface area (TPSA) is 0 Å². The van der Waals surface area contributed by atoms with E-state index in [1.165, 1.54) is 0 Å². The van der Waals surface area contributed by atoms with Crippen LogP contribution in [0.15, 0.2) is 0 Å². The van der Waals surface area contributed by atoms with Crippen LogP contribution in [-0.4, -0.2) is 0 Å². The van der Waals surface area contributed by atoms with Gasteiger partial charge in [-0.3, -0.25) is 0 Å². The van der Waals surface area contributed by atoms with Crippen LogP contribution in [-0.2, 0) is 69.8 Å². The maximum absolute atomic E-state index is 2.56. The number of rotatable bonds is 0. The molecule has 4 heavy (non-hydrogen) atoms. The summed E-state index contributed by atoms with van der Waals surface area (Å²) in [6.07, 6.45) is 0. The predicted molar refractivity (Wildman–Crippen MR) is 0 cm³/mol. The molecule has 0 spiro atoms. The molecule has 0 unspecified atom stereocenters. The molecular weight excluding hydrogens is 364 g/mol. The summed E-state index contributed by atoms with van der Waals surface area (Å²) in [5.41, 5.74) is 0. The van der Waals surface area contributed by atoms with E-state index in [1.54, 1.807) is 0 Å². The van der Waals surface area contributed by atoms with Crippen LogP contribution in [0, 0.1) is 0 Å². The summed E-state index contributed by atoms with van der Waals surface area (Å²) in [4.78, 5) is 0. The van der Waals surface area contributed by atoms with Crippen molar-refractivity contribution in [3.05, 3.63) is 0 Å². The molecule has 0 aliphatic carbocycles. The summed E-state index contributed by atoms with van der Waals surface area (Å²) in [5, 5.41) is 0. The third-order valence-electron chi connectivity index (χ3n) is 0. The zero-order valence-corrected chi connectivity index (χ0v) is 7.63. The summed E-state index contributed by atoms with van der Waals surface area (Å²) >= 11 is 4.40. The quantitative estimate of drug-likeness (QED) is 0.531. The smallest absolute Gasteiger partial charge is 0 e. The van der Waals surface area contributed by atoms with Gasteiger partial charge in [0.2, 0.25) is 0 Å². The van der Waals surface area contributed by atoms with E-state index in [0.29, 0.717) is 0 Å². The molecule has 0 aromatic rings. The Hall–Kier alpha value is 2.48. The fourth-order valence-corrected chi connectivity index (χ4v) is 0. The van der Waals surface area contributed by atoms with Crippen LogP contribution in [0.3, 0.4) is 0 Å². The fourth-order valence-electron chi connectivity index (χ4n) is 0. The molecule has 0 amide bonds. The Morgan fingerprint density at radius 3 is 1.25 bits per heavy atom. The molecule has 0 rings (SSSR count). The third-order valence-corrected chi connectivity index (χ3v) is 0. The Balaban J connectivity index is -0.00000000500. The van der Waals surface area contributed by atoms with E-state index >= 15 is 0 Å². The van der Waals surface area contributed by atoms with Crippen LogP contribution in [0.1, 0.15) is 0 Å². The standard InChI is InChI=1S/Co.Mo.Pd.Rh. The number of hydrogen-bond acceptors (Lipinski definition) is 0. The molecule has 0 N–H and O–H groups in total. The molecule has 4 heteroatoms. The molecule has 0 bridgehead atoms. The summed E-state index contributed by atoms with van der Waals surface area (Å²) in [6, 6.07) is 0. The molecule has 1 radical (unpaired) electrons. The summed E-state index contributed by atoms with van der Waals surface area (Å²) in [7, 11) is 0. The molecule has 0 saturated heterocycles. The van der Waals surface area contributed by atoms with Gasteiger partial charge >= 0.3 is 32.6 Å². The molecule has 0 aliphatic rings. The van der Waals surface area contributed by atoms with Crippen LogP contribution in [0.4, 0.5) is 0 Å². The molecule has 0 nitrogen and oxygen atoms in total. The van der Waals surface area contributed by atoms with Crippen LogP contribution in [0.5, 0.6) is 0 Å². The van der Waals surface area contributed by atoms with Crippen LogP contribution in [0.25, 0.3) is 0 Å². The molecule has 0 aliphatic heterocycles. The van der Waals surface area contributed by atoms with E-state index in [-0.39, 0.29) is 37.2 Å². The Labute approximate surface area is 68.8 Å². The van der Waals surface area contributed by atoms with Crippen molar-refractivity contribution in [1.82, 2.24) is 0 Å². The average Bonchev–Trinajstić information content (AvgIpc) is 1.00. The van der Waals surface area contributed by atoms with Crippen molar-refractivity contribution in [3.63, 3.8) is 0 Å². The second kappa shape index (κ2) is 17.9. The minimum absolute atomic E-state index is 0. The van der Waals surface area contributed by atoms with Crippen molar-refractivity contribution in [2.45, 2.75) is 0 Å². The van der Waals surface area contributed by atoms with E-state index in [1.807, 2.05) is 17.2 Å². The van der Waals surface area contributed by atoms with Gasteiger partial charge in [0.25, 0.3) is 0 Å². The predicted octanol–water partition coefficient (Wildman–Crippen LogP) is -0.0100. The van der Waals surface area contributed by atoms with Crippen molar-refractivity contribution in [2.24, 2.45) is 0 Å². The van der Waals surface area contributed by atoms with E-state index in [9.17, 15) is 0 Å². The van der Waals surface area contributed by atoms with Gasteiger partial charge in [-0.05, 0) is 0 Å². The van der Waals surface area contributed by atoms with Crippen molar-refractivity contribution in [1.29, 1.82) is 0 Å². The van der Waals surface area contributed by atoms with Crippen LogP contribution < -0.4 is 0 Å². The van der Waals surface area contributed by atoms with Gasteiger partial charge in [0, 0.05) is 37.2 Å². The van der Waals surface area contributed by atoms with E-state index in [2.05, 4.69) is 15.4 Å². The van der Waals surface area contributed by atoms with Gasteiger partial charge in [0.1, 0.15) is 0 Å². The van der Waals surface area contributed by atoms with Crippen LogP contribution >= 0.6 is 0 Å². The van der Waals surface area contributed by atoms with Gasteiger partial charge in [0.15, 0.2) is 0 Å². The first kappa shape index (κ1) is 16.1. The average molecular weight is 364 g/mol. The first-order valence-corrected chi connectivity index (χ1v) is 4.76. The van der Waals surface area contributed by atoms with Gasteiger partial charge in [-0.1, -0.05) is 0 Å². The maximum atomic E-state index is 2.56. The van der Waals surface area contributed by atoms with E-state index in [0.717, 1.165) is 0 Å². The van der Waals surface area contributed by atoms with Crippen molar-refractivity contribution < 1.29 is 69.8 Å². The minimum atomic E-state index is 0. The van der Waals surface area contributed by atoms with Crippen molar-refractivity contribution in [3.8, 4) is 0 Å². The van der Waals surface area contributed by atoms with Gasteiger partial charge < -0.3 is 0 Å². The normalized spacial score (nSPS) is 1.50. The second-order valence-electron chi connectivity index (χ2n) is 0. The van der Waals surface area contributed by atoms with Crippen molar-refractivity contribution in [2.75, 3.05) is 0 Å². The van der Waals surface area contributed by atoms with E-state index in [4.69, 9.17) is 0 Å². The minimum Gasteiger partial charge on any atom is 0 e. The van der Waals surface area contributed by atoms with Crippen molar-refractivity contribution >= 4 is 0 Å². The monoisotopic (exact) mass is 366 g/mol.